The van der Waals surface area contributed by atoms with Crippen LogP contribution in [0.2, 0.25) is 0 Å². The second-order valence-electron chi connectivity index (χ2n) is 5.29. The monoisotopic (exact) mass is 261 g/mol. The van der Waals surface area contributed by atoms with E-state index < -0.39 is 0 Å². The molecule has 1 aliphatic rings. The van der Waals surface area contributed by atoms with Gasteiger partial charge in [-0.1, -0.05) is 12.1 Å². The van der Waals surface area contributed by atoms with Crippen molar-refractivity contribution in [1.82, 2.24) is 5.32 Å². The van der Waals surface area contributed by atoms with Crippen LogP contribution in [0.3, 0.4) is 0 Å². The van der Waals surface area contributed by atoms with E-state index in [1.165, 1.54) is 12.8 Å². The van der Waals surface area contributed by atoms with E-state index in [1.54, 1.807) is 0 Å². The molecule has 1 aromatic rings. The van der Waals surface area contributed by atoms with E-state index in [-0.39, 0.29) is 5.91 Å². The van der Waals surface area contributed by atoms with Crippen LogP contribution in [0.5, 0.6) is 0 Å². The van der Waals surface area contributed by atoms with Crippen molar-refractivity contribution in [3.05, 3.63) is 24.3 Å². The lowest BCUT2D eigenvalue weighted by Crippen LogP contribution is -2.24. The van der Waals surface area contributed by atoms with Gasteiger partial charge in [-0.25, -0.2) is 0 Å². The maximum absolute atomic E-state index is 12.0. The van der Waals surface area contributed by atoms with E-state index in [9.17, 15) is 4.79 Å². The summed E-state index contributed by atoms with van der Waals surface area (Å²) < 4.78 is 0. The number of amides is 1. The third-order valence-electron chi connectivity index (χ3n) is 3.54. The van der Waals surface area contributed by atoms with Crippen LogP contribution in [0.1, 0.15) is 25.7 Å². The standard InChI is InChI=1S/C15H23N3O/c1-18(2)14-8-4-3-7-13(14)17-15(19)10-9-12-6-5-11-16-12/h3-4,7-8,12,16H,5-6,9-11H2,1-2H3,(H,17,19). The summed E-state index contributed by atoms with van der Waals surface area (Å²) in [5.74, 6) is 0.1000. The van der Waals surface area contributed by atoms with E-state index in [0.717, 1.165) is 24.3 Å². The van der Waals surface area contributed by atoms with E-state index >= 15 is 0 Å². The zero-order chi connectivity index (χ0) is 13.7. The third-order valence-corrected chi connectivity index (χ3v) is 3.54. The van der Waals surface area contributed by atoms with Crippen LogP contribution in [0.4, 0.5) is 11.4 Å². The normalized spacial score (nSPS) is 18.3. The number of hydrogen-bond acceptors (Lipinski definition) is 3. The van der Waals surface area contributed by atoms with Gasteiger partial charge in [0.2, 0.25) is 5.91 Å². The summed E-state index contributed by atoms with van der Waals surface area (Å²) in [6, 6.07) is 8.40. The lowest BCUT2D eigenvalue weighted by Gasteiger charge is -2.18. The van der Waals surface area contributed by atoms with Crippen molar-refractivity contribution in [2.45, 2.75) is 31.7 Å². The number of carbonyl (C=O) groups excluding carboxylic acids is 1. The number of para-hydroxylation sites is 2. The average molecular weight is 261 g/mol. The zero-order valence-corrected chi connectivity index (χ0v) is 11.8. The van der Waals surface area contributed by atoms with Crippen molar-refractivity contribution in [3.8, 4) is 0 Å². The topological polar surface area (TPSA) is 44.4 Å². The first kappa shape index (κ1) is 13.9. The summed E-state index contributed by atoms with van der Waals surface area (Å²) in [5.41, 5.74) is 1.92. The summed E-state index contributed by atoms with van der Waals surface area (Å²) >= 11 is 0. The fraction of sp³-hybridized carbons (Fsp3) is 0.533. The Balaban J connectivity index is 1.87. The predicted molar refractivity (Wildman–Crippen MR) is 79.7 cm³/mol. The van der Waals surface area contributed by atoms with Gasteiger partial charge in [0.1, 0.15) is 0 Å². The van der Waals surface area contributed by atoms with Gasteiger partial charge in [-0.05, 0) is 37.9 Å². The molecule has 1 saturated heterocycles. The first-order chi connectivity index (χ1) is 9.16. The van der Waals surface area contributed by atoms with Crippen molar-refractivity contribution in [3.63, 3.8) is 0 Å². The van der Waals surface area contributed by atoms with E-state index in [4.69, 9.17) is 0 Å². The molecule has 1 unspecified atom stereocenters. The van der Waals surface area contributed by atoms with Gasteiger partial charge in [-0.15, -0.1) is 0 Å². The van der Waals surface area contributed by atoms with Crippen molar-refractivity contribution in [2.75, 3.05) is 30.9 Å². The van der Waals surface area contributed by atoms with Crippen molar-refractivity contribution >= 4 is 17.3 Å². The Hall–Kier alpha value is -1.55. The van der Waals surface area contributed by atoms with Crippen LogP contribution < -0.4 is 15.5 Å². The second-order valence-corrected chi connectivity index (χ2v) is 5.29. The van der Waals surface area contributed by atoms with Gasteiger partial charge in [0.15, 0.2) is 0 Å². The maximum Gasteiger partial charge on any atom is 0.224 e. The first-order valence-corrected chi connectivity index (χ1v) is 6.96. The number of anilines is 2. The molecule has 104 valence electrons. The highest BCUT2D eigenvalue weighted by Crippen LogP contribution is 2.23. The van der Waals surface area contributed by atoms with Crippen molar-refractivity contribution in [1.29, 1.82) is 0 Å². The summed E-state index contributed by atoms with van der Waals surface area (Å²) in [6.07, 6.45) is 3.94. The van der Waals surface area contributed by atoms with E-state index in [0.29, 0.717) is 12.5 Å². The molecule has 1 heterocycles. The molecule has 0 radical (unpaired) electrons. The van der Waals surface area contributed by atoms with Crippen LogP contribution in [0.25, 0.3) is 0 Å². The van der Waals surface area contributed by atoms with Gasteiger partial charge < -0.3 is 15.5 Å². The molecule has 0 bridgehead atoms. The number of rotatable bonds is 5. The Morgan fingerprint density at radius 3 is 2.89 bits per heavy atom. The van der Waals surface area contributed by atoms with Gasteiger partial charge in [0.25, 0.3) is 0 Å². The van der Waals surface area contributed by atoms with Gasteiger partial charge in [0, 0.05) is 26.6 Å². The molecule has 0 aromatic heterocycles. The lowest BCUT2D eigenvalue weighted by atomic mass is 10.1. The molecule has 1 fully saturated rings. The molecular formula is C15H23N3O. The fourth-order valence-corrected chi connectivity index (χ4v) is 2.49. The van der Waals surface area contributed by atoms with E-state index in [2.05, 4.69) is 10.6 Å². The zero-order valence-electron chi connectivity index (χ0n) is 11.8. The Kier molecular flexibility index (Phi) is 4.80. The Morgan fingerprint density at radius 2 is 2.21 bits per heavy atom. The summed E-state index contributed by atoms with van der Waals surface area (Å²) in [5, 5.41) is 6.42. The molecule has 0 saturated carbocycles. The van der Waals surface area contributed by atoms with Gasteiger partial charge in [-0.2, -0.15) is 0 Å². The second kappa shape index (κ2) is 6.57. The van der Waals surface area contributed by atoms with Crippen LogP contribution in [-0.2, 0) is 4.79 Å². The highest BCUT2D eigenvalue weighted by atomic mass is 16.1. The highest BCUT2D eigenvalue weighted by Gasteiger charge is 2.15. The highest BCUT2D eigenvalue weighted by molar-refractivity contribution is 5.94. The minimum atomic E-state index is 0.1000. The molecule has 4 nitrogen and oxygen atoms in total. The smallest absolute Gasteiger partial charge is 0.224 e. The molecule has 19 heavy (non-hydrogen) atoms. The van der Waals surface area contributed by atoms with Crippen molar-refractivity contribution in [2.24, 2.45) is 0 Å². The predicted octanol–water partition coefficient (Wildman–Crippen LogP) is 2.22. The SMILES string of the molecule is CN(C)c1ccccc1NC(=O)CCC1CCCN1. The minimum Gasteiger partial charge on any atom is -0.376 e. The van der Waals surface area contributed by atoms with Gasteiger partial charge >= 0.3 is 0 Å². The summed E-state index contributed by atoms with van der Waals surface area (Å²) in [6.45, 7) is 1.09. The number of hydrogen-bond donors (Lipinski definition) is 2. The van der Waals surface area contributed by atoms with Crippen molar-refractivity contribution < 1.29 is 4.79 Å². The number of nitrogens with one attached hydrogen (secondary N) is 2. The number of carbonyl (C=O) groups is 1. The first-order valence-electron chi connectivity index (χ1n) is 6.96. The van der Waals surface area contributed by atoms with Crippen LogP contribution >= 0.6 is 0 Å². The number of benzene rings is 1. The molecule has 1 atom stereocenters. The Labute approximate surface area is 115 Å². The molecule has 1 amide bonds. The number of nitrogens with zero attached hydrogens (tertiary/aromatic N) is 1. The lowest BCUT2D eigenvalue weighted by molar-refractivity contribution is -0.116. The molecule has 2 N–H and O–H groups in total. The van der Waals surface area contributed by atoms with Gasteiger partial charge in [0.05, 0.1) is 11.4 Å². The molecule has 1 aliphatic heterocycles. The third kappa shape index (κ3) is 3.96. The minimum absolute atomic E-state index is 0.1000. The molecule has 0 spiro atoms. The Bertz CT molecular complexity index is 425. The largest absolute Gasteiger partial charge is 0.376 e. The Morgan fingerprint density at radius 1 is 1.42 bits per heavy atom. The maximum atomic E-state index is 12.0. The molecule has 4 heteroatoms. The average Bonchev–Trinajstić information content (AvgIpc) is 2.90. The van der Waals surface area contributed by atoms with Crippen LogP contribution in [0, 0.1) is 0 Å². The summed E-state index contributed by atoms with van der Waals surface area (Å²) in [4.78, 5) is 14.0. The molecule has 0 aliphatic carbocycles. The van der Waals surface area contributed by atoms with Crippen LogP contribution in [0.15, 0.2) is 24.3 Å². The molecule has 2 rings (SSSR count). The fourth-order valence-electron chi connectivity index (χ4n) is 2.49. The quantitative estimate of drug-likeness (QED) is 0.854. The van der Waals surface area contributed by atoms with Gasteiger partial charge in [-0.3, -0.25) is 4.79 Å². The van der Waals surface area contributed by atoms with Crippen LogP contribution in [-0.4, -0.2) is 32.6 Å². The summed E-state index contributed by atoms with van der Waals surface area (Å²) in [7, 11) is 3.96. The van der Waals surface area contributed by atoms with E-state index in [1.807, 2.05) is 43.3 Å². The molecular weight excluding hydrogens is 238 g/mol. The molecule has 1 aromatic carbocycles.